The van der Waals surface area contributed by atoms with E-state index in [4.69, 9.17) is 25.8 Å². The van der Waals surface area contributed by atoms with E-state index in [1.165, 1.54) is 0 Å². The topological polar surface area (TPSA) is 85.4 Å². The molecule has 4 unspecified atom stereocenters. The number of esters is 1. The van der Waals surface area contributed by atoms with E-state index in [9.17, 15) is 14.4 Å². The Hall–Kier alpha value is -2.32. The van der Waals surface area contributed by atoms with Gasteiger partial charge in [-0.25, -0.2) is 0 Å². The zero-order valence-electron chi connectivity index (χ0n) is 18.2. The van der Waals surface area contributed by atoms with E-state index in [2.05, 4.69) is 0 Å². The number of halogens is 1. The van der Waals surface area contributed by atoms with Crippen LogP contribution in [0.25, 0.3) is 0 Å². The number of nitrogens with zero attached hydrogens (tertiary/aromatic N) is 2. The predicted octanol–water partition coefficient (Wildman–Crippen LogP) is 2.19. The first-order valence-corrected chi connectivity index (χ1v) is 11.6. The molecule has 0 N–H and O–H groups in total. The van der Waals surface area contributed by atoms with Gasteiger partial charge in [0.05, 0.1) is 37.8 Å². The van der Waals surface area contributed by atoms with Crippen LogP contribution in [0.5, 0.6) is 5.75 Å². The van der Waals surface area contributed by atoms with Crippen molar-refractivity contribution in [3.05, 3.63) is 28.8 Å². The molecule has 0 bridgehead atoms. The smallest absolute Gasteiger partial charge is 0.312 e. The second kappa shape index (κ2) is 7.92. The van der Waals surface area contributed by atoms with Crippen LogP contribution in [0.2, 0.25) is 5.02 Å². The summed E-state index contributed by atoms with van der Waals surface area (Å²) >= 11 is 6.27. The van der Waals surface area contributed by atoms with Crippen LogP contribution in [-0.4, -0.2) is 72.1 Å². The molecule has 5 atom stereocenters. The number of amides is 2. The highest BCUT2D eigenvalue weighted by molar-refractivity contribution is 6.30. The third-order valence-electron chi connectivity index (χ3n) is 7.24. The molecular weight excluding hydrogens is 436 g/mol. The molecule has 172 valence electrons. The maximum absolute atomic E-state index is 13.9. The zero-order valence-corrected chi connectivity index (χ0v) is 19.0. The molecule has 2 amide bonds. The molecule has 4 heterocycles. The summed E-state index contributed by atoms with van der Waals surface area (Å²) < 4.78 is 17.1. The summed E-state index contributed by atoms with van der Waals surface area (Å²) in [7, 11) is 0. The van der Waals surface area contributed by atoms with E-state index >= 15 is 0 Å². The van der Waals surface area contributed by atoms with Crippen molar-refractivity contribution in [1.82, 2.24) is 9.80 Å². The van der Waals surface area contributed by atoms with Gasteiger partial charge in [0.1, 0.15) is 11.3 Å². The van der Waals surface area contributed by atoms with Crippen LogP contribution in [0.1, 0.15) is 38.3 Å². The predicted molar refractivity (Wildman–Crippen MR) is 114 cm³/mol. The first-order valence-electron chi connectivity index (χ1n) is 11.2. The quantitative estimate of drug-likeness (QED) is 0.638. The Morgan fingerprint density at radius 2 is 2.16 bits per heavy atom. The standard InChI is InChI=1S/C23H27ClN2O6/c1-3-30-21(28)19-16-12-32-17-7-6-13(24)9-15(17)20(16)26-18(27)11-25(22(29)23(19,26)2)10-14-5-4-8-31-14/h6-7,9,14,16,19-20H,3-5,8,10-12H2,1-2H3/t14?,16?,19?,20?,23-/m1/s1. The average molecular weight is 463 g/mol. The molecule has 9 heteroatoms. The Labute approximate surface area is 191 Å². The van der Waals surface area contributed by atoms with Gasteiger partial charge in [-0.1, -0.05) is 11.6 Å². The highest BCUT2D eigenvalue weighted by atomic mass is 35.5. The Morgan fingerprint density at radius 3 is 2.88 bits per heavy atom. The Kier molecular flexibility index (Phi) is 5.33. The molecule has 3 fully saturated rings. The Balaban J connectivity index is 1.59. The second-order valence-electron chi connectivity index (χ2n) is 9.06. The monoisotopic (exact) mass is 462 g/mol. The van der Waals surface area contributed by atoms with Crippen LogP contribution in [0.3, 0.4) is 0 Å². The van der Waals surface area contributed by atoms with Crippen LogP contribution >= 0.6 is 11.6 Å². The Bertz CT molecular complexity index is 964. The molecular formula is C23H27ClN2O6. The van der Waals surface area contributed by atoms with Crippen molar-refractivity contribution in [3.63, 3.8) is 0 Å². The Morgan fingerprint density at radius 1 is 1.34 bits per heavy atom. The fourth-order valence-corrected chi connectivity index (χ4v) is 6.13. The van der Waals surface area contributed by atoms with Crippen LogP contribution < -0.4 is 4.74 Å². The summed E-state index contributed by atoms with van der Waals surface area (Å²) in [4.78, 5) is 43.8. The van der Waals surface area contributed by atoms with Crippen LogP contribution in [0.15, 0.2) is 18.2 Å². The minimum atomic E-state index is -1.37. The van der Waals surface area contributed by atoms with Crippen molar-refractivity contribution >= 4 is 29.4 Å². The fourth-order valence-electron chi connectivity index (χ4n) is 5.95. The highest BCUT2D eigenvalue weighted by Crippen LogP contribution is 2.56. The van der Waals surface area contributed by atoms with Gasteiger partial charge in [0, 0.05) is 29.7 Å². The SMILES string of the molecule is CCOC(=O)C1C2COc3ccc(Cl)cc3C2N2C(=O)CN(CC3CCCO3)C(=O)[C@@]12C. The number of carbonyl (C=O) groups excluding carboxylic acids is 3. The lowest BCUT2D eigenvalue weighted by atomic mass is 9.77. The summed E-state index contributed by atoms with van der Waals surface area (Å²) in [5.41, 5.74) is -0.650. The molecule has 0 aliphatic carbocycles. The minimum Gasteiger partial charge on any atom is -0.493 e. The maximum atomic E-state index is 13.9. The summed E-state index contributed by atoms with van der Waals surface area (Å²) in [5.74, 6) is -1.57. The largest absolute Gasteiger partial charge is 0.493 e. The van der Waals surface area contributed by atoms with Gasteiger partial charge in [0.25, 0.3) is 0 Å². The summed E-state index contributed by atoms with van der Waals surface area (Å²) in [6.07, 6.45) is 1.70. The van der Waals surface area contributed by atoms with Gasteiger partial charge in [-0.15, -0.1) is 0 Å². The molecule has 0 radical (unpaired) electrons. The molecule has 3 saturated heterocycles. The van der Waals surface area contributed by atoms with Gasteiger partial charge in [-0.3, -0.25) is 14.4 Å². The van der Waals surface area contributed by atoms with Gasteiger partial charge < -0.3 is 24.0 Å². The zero-order chi connectivity index (χ0) is 22.6. The summed E-state index contributed by atoms with van der Waals surface area (Å²) in [6, 6.07) is 4.77. The van der Waals surface area contributed by atoms with E-state index in [0.717, 1.165) is 18.4 Å². The highest BCUT2D eigenvalue weighted by Gasteiger charge is 2.69. The molecule has 4 aliphatic rings. The van der Waals surface area contributed by atoms with E-state index in [1.807, 2.05) is 0 Å². The summed E-state index contributed by atoms with van der Waals surface area (Å²) in [6.45, 7) is 4.79. The van der Waals surface area contributed by atoms with Crippen molar-refractivity contribution in [1.29, 1.82) is 0 Å². The van der Waals surface area contributed by atoms with Crippen molar-refractivity contribution in [2.45, 2.75) is 44.4 Å². The number of hydrogen-bond donors (Lipinski definition) is 0. The maximum Gasteiger partial charge on any atom is 0.312 e. The third-order valence-corrected chi connectivity index (χ3v) is 7.48. The number of hydrogen-bond acceptors (Lipinski definition) is 6. The van der Waals surface area contributed by atoms with Crippen LogP contribution in [0, 0.1) is 11.8 Å². The molecule has 32 heavy (non-hydrogen) atoms. The average Bonchev–Trinajstić information content (AvgIpc) is 3.36. The van der Waals surface area contributed by atoms with E-state index in [0.29, 0.717) is 23.9 Å². The van der Waals surface area contributed by atoms with Crippen LogP contribution in [-0.2, 0) is 23.9 Å². The molecule has 1 aromatic carbocycles. The van der Waals surface area contributed by atoms with Crippen LogP contribution in [0.4, 0.5) is 0 Å². The number of fused-ring (bicyclic) bond motifs is 5. The third kappa shape index (κ3) is 3.10. The van der Waals surface area contributed by atoms with Crippen molar-refractivity contribution in [2.75, 3.05) is 32.9 Å². The summed E-state index contributed by atoms with van der Waals surface area (Å²) in [5, 5.41) is 0.505. The number of benzene rings is 1. The fraction of sp³-hybridized carbons (Fsp3) is 0.609. The molecule has 0 aromatic heterocycles. The van der Waals surface area contributed by atoms with Gasteiger partial charge >= 0.3 is 5.97 Å². The molecule has 0 saturated carbocycles. The lowest BCUT2D eigenvalue weighted by Gasteiger charge is -2.47. The number of ether oxygens (including phenoxy) is 3. The lowest BCUT2D eigenvalue weighted by Crippen LogP contribution is -2.68. The number of rotatable bonds is 4. The normalized spacial score (nSPS) is 33.5. The van der Waals surface area contributed by atoms with Gasteiger partial charge in [0.15, 0.2) is 0 Å². The van der Waals surface area contributed by atoms with Gasteiger partial charge in [0.2, 0.25) is 11.8 Å². The first kappa shape index (κ1) is 21.5. The lowest BCUT2D eigenvalue weighted by molar-refractivity contribution is -0.171. The molecule has 1 aromatic rings. The molecule has 0 spiro atoms. The van der Waals surface area contributed by atoms with Crippen molar-refractivity contribution < 1.29 is 28.6 Å². The van der Waals surface area contributed by atoms with E-state index < -0.39 is 29.4 Å². The molecule has 8 nitrogen and oxygen atoms in total. The first-order chi connectivity index (χ1) is 15.4. The second-order valence-corrected chi connectivity index (χ2v) is 9.50. The van der Waals surface area contributed by atoms with Crippen molar-refractivity contribution in [2.24, 2.45) is 11.8 Å². The van der Waals surface area contributed by atoms with E-state index in [-0.39, 0.29) is 37.7 Å². The van der Waals surface area contributed by atoms with Crippen molar-refractivity contribution in [3.8, 4) is 5.75 Å². The number of carbonyl (C=O) groups is 3. The number of piperazine rings is 1. The minimum absolute atomic E-state index is 0.0379. The van der Waals surface area contributed by atoms with Gasteiger partial charge in [-0.2, -0.15) is 0 Å². The molecule has 4 aliphatic heterocycles. The van der Waals surface area contributed by atoms with E-state index in [1.54, 1.807) is 41.8 Å². The molecule has 5 rings (SSSR count). The van der Waals surface area contributed by atoms with Gasteiger partial charge in [-0.05, 0) is 44.9 Å².